The molecule has 0 radical (unpaired) electrons. The maximum absolute atomic E-state index is 12.1. The molecule has 0 aliphatic rings. The highest BCUT2D eigenvalue weighted by Crippen LogP contribution is 2.10. The van der Waals surface area contributed by atoms with Crippen LogP contribution in [-0.4, -0.2) is 50.1 Å². The Morgan fingerprint density at radius 2 is 1.85 bits per heavy atom. The van der Waals surface area contributed by atoms with Crippen LogP contribution in [0.5, 0.6) is 5.75 Å². The monoisotopic (exact) mass is 369 g/mol. The van der Waals surface area contributed by atoms with Crippen LogP contribution in [0.4, 0.5) is 0 Å². The summed E-state index contributed by atoms with van der Waals surface area (Å²) in [7, 11) is 1.60. The molecule has 0 aliphatic heterocycles. The molecule has 0 atom stereocenters. The van der Waals surface area contributed by atoms with E-state index in [4.69, 9.17) is 4.74 Å². The van der Waals surface area contributed by atoms with Gasteiger partial charge in [0, 0.05) is 50.1 Å². The molecule has 7 nitrogen and oxygen atoms in total. The highest BCUT2D eigenvalue weighted by atomic mass is 16.5. The summed E-state index contributed by atoms with van der Waals surface area (Å²) >= 11 is 0. The van der Waals surface area contributed by atoms with Crippen LogP contribution in [0.2, 0.25) is 0 Å². The minimum Gasteiger partial charge on any atom is -0.497 e. The lowest BCUT2D eigenvalue weighted by Gasteiger charge is -2.12. The number of rotatable bonds is 9. The number of methoxy groups -OCH3 is 1. The van der Waals surface area contributed by atoms with E-state index in [9.17, 15) is 4.79 Å². The summed E-state index contributed by atoms with van der Waals surface area (Å²) in [6.45, 7) is 4.51. The quantitative estimate of drug-likeness (QED) is 0.355. The van der Waals surface area contributed by atoms with E-state index in [1.807, 2.05) is 25.1 Å². The zero-order valence-electron chi connectivity index (χ0n) is 15.9. The van der Waals surface area contributed by atoms with Crippen LogP contribution >= 0.6 is 0 Å². The van der Waals surface area contributed by atoms with Crippen molar-refractivity contribution < 1.29 is 9.53 Å². The van der Waals surface area contributed by atoms with E-state index in [1.54, 1.807) is 37.6 Å². The number of aliphatic imine (C=N–C) groups is 1. The molecule has 3 N–H and O–H groups in total. The fourth-order valence-electron chi connectivity index (χ4n) is 2.37. The second-order valence-electron chi connectivity index (χ2n) is 5.74. The molecule has 0 unspecified atom stereocenters. The second-order valence-corrected chi connectivity index (χ2v) is 5.74. The maximum atomic E-state index is 12.1. The number of aromatic nitrogens is 1. The minimum atomic E-state index is -0.114. The largest absolute Gasteiger partial charge is 0.497 e. The van der Waals surface area contributed by atoms with Gasteiger partial charge in [-0.2, -0.15) is 0 Å². The summed E-state index contributed by atoms with van der Waals surface area (Å²) in [6, 6.07) is 12.9. The first kappa shape index (κ1) is 20.2. The van der Waals surface area contributed by atoms with E-state index in [0.29, 0.717) is 25.2 Å². The van der Waals surface area contributed by atoms with Gasteiger partial charge in [0.05, 0.1) is 7.11 Å². The molecule has 1 aromatic heterocycles. The number of nitrogens with one attached hydrogen (secondary N) is 3. The van der Waals surface area contributed by atoms with E-state index in [0.717, 1.165) is 30.4 Å². The number of carbonyl (C=O) groups is 1. The van der Waals surface area contributed by atoms with Crippen molar-refractivity contribution in [3.8, 4) is 5.75 Å². The van der Waals surface area contributed by atoms with E-state index in [2.05, 4.69) is 25.9 Å². The van der Waals surface area contributed by atoms with Gasteiger partial charge in [-0.15, -0.1) is 0 Å². The Kier molecular flexibility index (Phi) is 8.62. The number of hydrogen-bond donors (Lipinski definition) is 3. The lowest BCUT2D eigenvalue weighted by Crippen LogP contribution is -2.41. The van der Waals surface area contributed by atoms with E-state index in [-0.39, 0.29) is 5.91 Å². The third-order valence-corrected chi connectivity index (χ3v) is 3.76. The summed E-state index contributed by atoms with van der Waals surface area (Å²) in [6.07, 6.45) is 2.57. The fourth-order valence-corrected chi connectivity index (χ4v) is 2.37. The zero-order valence-corrected chi connectivity index (χ0v) is 15.9. The Morgan fingerprint density at radius 3 is 2.52 bits per heavy atom. The van der Waals surface area contributed by atoms with E-state index in [1.165, 1.54) is 0 Å². The third kappa shape index (κ3) is 7.35. The Balaban J connectivity index is 1.72. The smallest absolute Gasteiger partial charge is 0.251 e. The Labute approximate surface area is 160 Å². The molecule has 0 fully saturated rings. The Hall–Kier alpha value is -3.09. The van der Waals surface area contributed by atoms with Crippen molar-refractivity contribution >= 4 is 11.9 Å². The van der Waals surface area contributed by atoms with Crippen molar-refractivity contribution in [1.29, 1.82) is 0 Å². The third-order valence-electron chi connectivity index (χ3n) is 3.76. The van der Waals surface area contributed by atoms with Crippen molar-refractivity contribution in [2.75, 3.05) is 33.3 Å². The molecule has 144 valence electrons. The van der Waals surface area contributed by atoms with E-state index >= 15 is 0 Å². The first-order valence-electron chi connectivity index (χ1n) is 9.07. The number of amides is 1. The van der Waals surface area contributed by atoms with Crippen molar-refractivity contribution in [2.45, 2.75) is 13.3 Å². The molecule has 7 heteroatoms. The average molecular weight is 369 g/mol. The summed E-state index contributed by atoms with van der Waals surface area (Å²) < 4.78 is 5.09. The zero-order chi connectivity index (χ0) is 19.3. The Bertz CT molecular complexity index is 717. The van der Waals surface area contributed by atoms with Crippen molar-refractivity contribution in [3.05, 3.63) is 59.9 Å². The number of ether oxygens (including phenoxy) is 1. The number of pyridine rings is 1. The van der Waals surface area contributed by atoms with Gasteiger partial charge in [0.1, 0.15) is 5.75 Å². The summed E-state index contributed by atoms with van der Waals surface area (Å²) in [5, 5.41) is 9.29. The second kappa shape index (κ2) is 11.5. The first-order valence-corrected chi connectivity index (χ1v) is 9.07. The first-order chi connectivity index (χ1) is 13.2. The number of carbonyl (C=O) groups excluding carboxylic acids is 1. The molecule has 0 saturated carbocycles. The molecule has 27 heavy (non-hydrogen) atoms. The van der Waals surface area contributed by atoms with Crippen LogP contribution in [0, 0.1) is 0 Å². The number of nitrogens with zero attached hydrogens (tertiary/aromatic N) is 2. The molecular weight excluding hydrogens is 342 g/mol. The maximum Gasteiger partial charge on any atom is 0.251 e. The molecule has 0 saturated heterocycles. The molecule has 1 heterocycles. The van der Waals surface area contributed by atoms with Crippen LogP contribution in [0.25, 0.3) is 0 Å². The molecule has 0 spiro atoms. The fraction of sp³-hybridized carbons (Fsp3) is 0.350. The van der Waals surface area contributed by atoms with Gasteiger partial charge in [-0.25, -0.2) is 0 Å². The molecule has 2 aromatic rings. The predicted molar refractivity (Wildman–Crippen MR) is 107 cm³/mol. The summed E-state index contributed by atoms with van der Waals surface area (Å²) in [5.74, 6) is 1.34. The average Bonchev–Trinajstić information content (AvgIpc) is 2.71. The van der Waals surface area contributed by atoms with Gasteiger partial charge in [-0.3, -0.25) is 14.8 Å². The van der Waals surface area contributed by atoms with Gasteiger partial charge in [0.15, 0.2) is 5.96 Å². The summed E-state index contributed by atoms with van der Waals surface area (Å²) in [5.41, 5.74) is 1.62. The molecule has 2 rings (SSSR count). The standard InChI is InChI=1S/C20H27N5O2/c1-3-21-20(24-13-11-17-6-4-5-12-22-17)25-15-14-23-19(26)16-7-9-18(27-2)10-8-16/h4-10,12H,3,11,13-15H2,1-2H3,(H,23,26)(H2,21,24,25). The normalized spacial score (nSPS) is 11.0. The lowest BCUT2D eigenvalue weighted by atomic mass is 10.2. The van der Waals surface area contributed by atoms with Crippen LogP contribution in [0.3, 0.4) is 0 Å². The van der Waals surface area contributed by atoms with Crippen LogP contribution < -0.4 is 20.7 Å². The van der Waals surface area contributed by atoms with Gasteiger partial charge in [0.2, 0.25) is 0 Å². The van der Waals surface area contributed by atoms with Crippen LogP contribution in [0.1, 0.15) is 23.0 Å². The molecule has 1 amide bonds. The molecule has 1 aromatic carbocycles. The van der Waals surface area contributed by atoms with Gasteiger partial charge in [0.25, 0.3) is 5.91 Å². The van der Waals surface area contributed by atoms with Gasteiger partial charge < -0.3 is 20.7 Å². The van der Waals surface area contributed by atoms with Crippen molar-refractivity contribution in [3.63, 3.8) is 0 Å². The molecule has 0 aliphatic carbocycles. The molecular formula is C20H27N5O2. The van der Waals surface area contributed by atoms with Gasteiger partial charge >= 0.3 is 0 Å². The SMILES string of the molecule is CCNC(=NCCc1ccccn1)NCCNC(=O)c1ccc(OC)cc1. The van der Waals surface area contributed by atoms with Crippen molar-refractivity contribution in [2.24, 2.45) is 4.99 Å². The van der Waals surface area contributed by atoms with Crippen LogP contribution in [0.15, 0.2) is 53.7 Å². The van der Waals surface area contributed by atoms with Gasteiger partial charge in [-0.1, -0.05) is 6.07 Å². The van der Waals surface area contributed by atoms with E-state index < -0.39 is 0 Å². The minimum absolute atomic E-state index is 0.114. The number of hydrogen-bond acceptors (Lipinski definition) is 4. The van der Waals surface area contributed by atoms with Gasteiger partial charge in [-0.05, 0) is 43.3 Å². The predicted octanol–water partition coefficient (Wildman–Crippen LogP) is 1.62. The number of benzene rings is 1. The summed E-state index contributed by atoms with van der Waals surface area (Å²) in [4.78, 5) is 20.9. The highest BCUT2D eigenvalue weighted by molar-refractivity contribution is 5.94. The Morgan fingerprint density at radius 1 is 1.07 bits per heavy atom. The molecule has 0 bridgehead atoms. The topological polar surface area (TPSA) is 87.6 Å². The highest BCUT2D eigenvalue weighted by Gasteiger charge is 2.05. The van der Waals surface area contributed by atoms with Crippen LogP contribution in [-0.2, 0) is 6.42 Å². The van der Waals surface area contributed by atoms with Crippen molar-refractivity contribution in [1.82, 2.24) is 20.9 Å². The number of guanidine groups is 1. The lowest BCUT2D eigenvalue weighted by molar-refractivity contribution is 0.0954.